The van der Waals surface area contributed by atoms with Crippen LogP contribution in [0, 0.1) is 0 Å². The quantitative estimate of drug-likeness (QED) is 0.820. The molecule has 0 saturated carbocycles. The van der Waals surface area contributed by atoms with Gasteiger partial charge in [0, 0.05) is 39.3 Å². The molecule has 1 aromatic rings. The van der Waals surface area contributed by atoms with Crippen LogP contribution in [0.3, 0.4) is 0 Å². The zero-order chi connectivity index (χ0) is 15.5. The number of piperidine rings is 2. The summed E-state index contributed by atoms with van der Waals surface area (Å²) in [6, 6.07) is 4.10. The molecule has 2 saturated heterocycles. The van der Waals surface area contributed by atoms with Gasteiger partial charge in [-0.15, -0.1) is 0 Å². The average molecular weight is 371 g/mol. The van der Waals surface area contributed by atoms with Gasteiger partial charge in [-0.1, -0.05) is 0 Å². The lowest BCUT2D eigenvalue weighted by Gasteiger charge is -2.41. The van der Waals surface area contributed by atoms with Crippen LogP contribution in [0.2, 0.25) is 0 Å². The molecule has 0 atom stereocenters. The van der Waals surface area contributed by atoms with Gasteiger partial charge in [-0.2, -0.15) is 0 Å². The summed E-state index contributed by atoms with van der Waals surface area (Å²) in [6.07, 6.45) is 4.76. The van der Waals surface area contributed by atoms with E-state index in [1.165, 1.54) is 0 Å². The molecule has 1 amide bonds. The van der Waals surface area contributed by atoms with E-state index >= 15 is 0 Å². The highest BCUT2D eigenvalue weighted by atomic mass is 79.9. The highest BCUT2D eigenvalue weighted by Crippen LogP contribution is 2.23. The van der Waals surface area contributed by atoms with Gasteiger partial charge < -0.3 is 19.0 Å². The zero-order valence-corrected chi connectivity index (χ0v) is 14.5. The molecule has 5 nitrogen and oxygen atoms in total. The molecule has 0 bridgehead atoms. The van der Waals surface area contributed by atoms with Crippen LogP contribution in [0.15, 0.2) is 21.2 Å². The number of ether oxygens (including phenoxy) is 1. The summed E-state index contributed by atoms with van der Waals surface area (Å²) in [5, 5.41) is 0. The molecule has 0 unspecified atom stereocenters. The van der Waals surface area contributed by atoms with Crippen LogP contribution >= 0.6 is 15.9 Å². The smallest absolute Gasteiger partial charge is 0.289 e. The molecule has 0 aromatic carbocycles. The standard InChI is InChI=1S/C16H23BrN2O3/c1-21-13-6-10-18(11-7-13)12-4-8-19(9-5-12)16(20)14-2-3-15(17)22-14/h2-3,12-13H,4-11H2,1H3. The third kappa shape index (κ3) is 3.55. The van der Waals surface area contributed by atoms with Gasteiger partial charge in [-0.3, -0.25) is 4.79 Å². The van der Waals surface area contributed by atoms with E-state index in [2.05, 4.69) is 20.8 Å². The molecule has 0 aliphatic carbocycles. The summed E-state index contributed by atoms with van der Waals surface area (Å²) < 4.78 is 11.4. The normalized spacial score (nSPS) is 22.2. The molecular weight excluding hydrogens is 348 g/mol. The van der Waals surface area contributed by atoms with Gasteiger partial charge in [0.1, 0.15) is 0 Å². The van der Waals surface area contributed by atoms with Crippen molar-refractivity contribution >= 4 is 21.8 Å². The number of nitrogens with zero attached hydrogens (tertiary/aromatic N) is 2. The SMILES string of the molecule is COC1CCN(C2CCN(C(=O)c3ccc(Br)o3)CC2)CC1. The molecule has 2 fully saturated rings. The van der Waals surface area contributed by atoms with E-state index in [1.54, 1.807) is 19.2 Å². The molecule has 2 aliphatic heterocycles. The van der Waals surface area contributed by atoms with Gasteiger partial charge in [0.15, 0.2) is 10.4 Å². The molecule has 1 aromatic heterocycles. The van der Waals surface area contributed by atoms with Crippen LogP contribution in [0.4, 0.5) is 0 Å². The number of amides is 1. The molecule has 2 aliphatic rings. The number of hydrogen-bond donors (Lipinski definition) is 0. The zero-order valence-electron chi connectivity index (χ0n) is 13.0. The highest BCUT2D eigenvalue weighted by molar-refractivity contribution is 9.10. The topological polar surface area (TPSA) is 45.9 Å². The molecule has 22 heavy (non-hydrogen) atoms. The van der Waals surface area contributed by atoms with E-state index in [9.17, 15) is 4.79 Å². The van der Waals surface area contributed by atoms with E-state index < -0.39 is 0 Å². The van der Waals surface area contributed by atoms with Crippen molar-refractivity contribution in [2.45, 2.75) is 37.8 Å². The van der Waals surface area contributed by atoms with Crippen molar-refractivity contribution in [3.63, 3.8) is 0 Å². The number of carbonyl (C=O) groups is 1. The predicted molar refractivity (Wildman–Crippen MR) is 86.9 cm³/mol. The maximum Gasteiger partial charge on any atom is 0.289 e. The fourth-order valence-corrected chi connectivity index (χ4v) is 3.80. The van der Waals surface area contributed by atoms with E-state index in [1.807, 2.05) is 4.90 Å². The first-order valence-corrected chi connectivity index (χ1v) is 8.78. The second-order valence-electron chi connectivity index (χ2n) is 6.10. The Morgan fingerprint density at radius 3 is 2.41 bits per heavy atom. The first kappa shape index (κ1) is 16.0. The summed E-state index contributed by atoms with van der Waals surface area (Å²) in [6.45, 7) is 3.85. The number of likely N-dealkylation sites (tertiary alicyclic amines) is 2. The summed E-state index contributed by atoms with van der Waals surface area (Å²) >= 11 is 3.24. The summed E-state index contributed by atoms with van der Waals surface area (Å²) in [5.74, 6) is 0.425. The van der Waals surface area contributed by atoms with Crippen LogP contribution in [0.5, 0.6) is 0 Å². The molecule has 0 radical (unpaired) electrons. The fraction of sp³-hybridized carbons (Fsp3) is 0.688. The minimum Gasteiger partial charge on any atom is -0.444 e. The van der Waals surface area contributed by atoms with Crippen LogP contribution in [-0.4, -0.2) is 61.1 Å². The molecule has 3 rings (SSSR count). The van der Waals surface area contributed by atoms with Crippen molar-refractivity contribution in [1.29, 1.82) is 0 Å². The van der Waals surface area contributed by atoms with Crippen LogP contribution in [0.25, 0.3) is 0 Å². The Bertz CT molecular complexity index is 503. The first-order valence-electron chi connectivity index (χ1n) is 7.99. The second kappa shape index (κ2) is 7.15. The maximum absolute atomic E-state index is 12.4. The molecule has 122 valence electrons. The van der Waals surface area contributed by atoms with E-state index in [-0.39, 0.29) is 5.91 Å². The number of furan rings is 1. The van der Waals surface area contributed by atoms with E-state index in [4.69, 9.17) is 9.15 Å². The van der Waals surface area contributed by atoms with Gasteiger partial charge in [-0.05, 0) is 53.7 Å². The Labute approximate surface area is 139 Å². The predicted octanol–water partition coefficient (Wildman–Crippen LogP) is 2.76. The lowest BCUT2D eigenvalue weighted by atomic mass is 9.98. The second-order valence-corrected chi connectivity index (χ2v) is 6.88. The summed E-state index contributed by atoms with van der Waals surface area (Å²) in [7, 11) is 1.80. The van der Waals surface area contributed by atoms with Crippen molar-refractivity contribution in [1.82, 2.24) is 9.80 Å². The Hall–Kier alpha value is -0.850. The minimum absolute atomic E-state index is 0.00208. The van der Waals surface area contributed by atoms with Crippen LogP contribution < -0.4 is 0 Å². The van der Waals surface area contributed by atoms with Gasteiger partial charge >= 0.3 is 0 Å². The van der Waals surface area contributed by atoms with E-state index in [0.29, 0.717) is 22.6 Å². The lowest BCUT2D eigenvalue weighted by Crippen LogP contribution is -2.49. The van der Waals surface area contributed by atoms with Crippen molar-refractivity contribution in [2.24, 2.45) is 0 Å². The van der Waals surface area contributed by atoms with Crippen molar-refractivity contribution in [3.05, 3.63) is 22.6 Å². The lowest BCUT2D eigenvalue weighted by molar-refractivity contribution is 0.0141. The summed E-state index contributed by atoms with van der Waals surface area (Å²) in [5.41, 5.74) is 0. The van der Waals surface area contributed by atoms with Crippen molar-refractivity contribution < 1.29 is 13.9 Å². The van der Waals surface area contributed by atoms with Crippen molar-refractivity contribution in [3.8, 4) is 0 Å². The number of rotatable bonds is 3. The van der Waals surface area contributed by atoms with Gasteiger partial charge in [0.2, 0.25) is 0 Å². The number of methoxy groups -OCH3 is 1. The molecular formula is C16H23BrN2O3. The Kier molecular flexibility index (Phi) is 5.21. The number of halogens is 1. The Balaban J connectivity index is 1.49. The van der Waals surface area contributed by atoms with Crippen molar-refractivity contribution in [2.75, 3.05) is 33.3 Å². The number of hydrogen-bond acceptors (Lipinski definition) is 4. The third-order valence-electron chi connectivity index (χ3n) is 4.86. The number of carbonyl (C=O) groups excluding carboxylic acids is 1. The Morgan fingerprint density at radius 2 is 1.86 bits per heavy atom. The Morgan fingerprint density at radius 1 is 1.18 bits per heavy atom. The van der Waals surface area contributed by atoms with Crippen LogP contribution in [0.1, 0.15) is 36.2 Å². The average Bonchev–Trinajstić information content (AvgIpc) is 3.01. The molecule has 6 heteroatoms. The van der Waals surface area contributed by atoms with Crippen LogP contribution in [-0.2, 0) is 4.74 Å². The van der Waals surface area contributed by atoms with Gasteiger partial charge in [-0.25, -0.2) is 0 Å². The van der Waals surface area contributed by atoms with Gasteiger partial charge in [0.25, 0.3) is 5.91 Å². The molecule has 0 spiro atoms. The van der Waals surface area contributed by atoms with E-state index in [0.717, 1.165) is 51.9 Å². The monoisotopic (exact) mass is 370 g/mol. The largest absolute Gasteiger partial charge is 0.444 e. The molecule has 3 heterocycles. The first-order chi connectivity index (χ1) is 10.7. The van der Waals surface area contributed by atoms with Gasteiger partial charge in [0.05, 0.1) is 6.10 Å². The molecule has 0 N–H and O–H groups in total. The third-order valence-corrected chi connectivity index (χ3v) is 5.29. The maximum atomic E-state index is 12.4. The summed E-state index contributed by atoms with van der Waals surface area (Å²) in [4.78, 5) is 16.8. The minimum atomic E-state index is 0.00208. The highest BCUT2D eigenvalue weighted by Gasteiger charge is 2.30. The fourth-order valence-electron chi connectivity index (χ4n) is 3.50.